The van der Waals surface area contributed by atoms with Crippen molar-refractivity contribution >= 4 is 51.9 Å². The molecule has 1 unspecified atom stereocenters. The summed E-state index contributed by atoms with van der Waals surface area (Å²) in [4.78, 5) is 25.6. The molecule has 34 heavy (non-hydrogen) atoms. The van der Waals surface area contributed by atoms with Crippen LogP contribution < -0.4 is 10.6 Å². The fourth-order valence-electron chi connectivity index (χ4n) is 3.07. The Balaban J connectivity index is 2.30. The number of thioether (sulfide) groups is 1. The standard InChI is InChI=1S/C22H21F6IN2O2S/c1-3-34-10-11(2)30-21(33)17-13(5-4-6-15(17)29)20(32)31-16-8-7-12(9-14(16)23)18(19(24)25)22(26,27)28/h4-9,11,18-19H,3,10H2,1-2H3,(H,30,33)(H,31,32)/t11-,18?/m0/s1. The van der Waals surface area contributed by atoms with Crippen molar-refractivity contribution < 1.29 is 35.9 Å². The van der Waals surface area contributed by atoms with Gasteiger partial charge in [-0.25, -0.2) is 13.2 Å². The maximum absolute atomic E-state index is 14.5. The number of alkyl halides is 5. The highest BCUT2D eigenvalue weighted by molar-refractivity contribution is 14.1. The molecule has 2 N–H and O–H groups in total. The fourth-order valence-corrected chi connectivity index (χ4v) is 4.49. The number of halogens is 7. The highest BCUT2D eigenvalue weighted by Crippen LogP contribution is 2.40. The van der Waals surface area contributed by atoms with E-state index in [1.54, 1.807) is 24.8 Å². The zero-order chi connectivity index (χ0) is 25.6. The van der Waals surface area contributed by atoms with Crippen molar-refractivity contribution in [3.63, 3.8) is 0 Å². The van der Waals surface area contributed by atoms with Gasteiger partial charge in [0.25, 0.3) is 18.2 Å². The van der Waals surface area contributed by atoms with E-state index < -0.39 is 47.4 Å². The van der Waals surface area contributed by atoms with Crippen molar-refractivity contribution in [2.45, 2.75) is 38.4 Å². The predicted molar refractivity (Wildman–Crippen MR) is 128 cm³/mol. The monoisotopic (exact) mass is 618 g/mol. The van der Waals surface area contributed by atoms with Crippen LogP contribution in [-0.2, 0) is 0 Å². The number of rotatable bonds is 9. The molecule has 2 rings (SSSR count). The molecule has 2 aromatic rings. The van der Waals surface area contributed by atoms with Crippen LogP contribution >= 0.6 is 34.4 Å². The third-order valence-electron chi connectivity index (χ3n) is 4.64. The Morgan fingerprint density at radius 1 is 1.12 bits per heavy atom. The normalized spacial score (nSPS) is 13.5. The summed E-state index contributed by atoms with van der Waals surface area (Å²) in [5, 5.41) is 4.99. The number of nitrogens with one attached hydrogen (secondary N) is 2. The van der Waals surface area contributed by atoms with Crippen LogP contribution in [0.15, 0.2) is 36.4 Å². The van der Waals surface area contributed by atoms with Crippen molar-refractivity contribution in [3.05, 3.63) is 62.5 Å². The number of hydrogen-bond acceptors (Lipinski definition) is 3. The molecule has 186 valence electrons. The molecule has 2 atom stereocenters. The van der Waals surface area contributed by atoms with E-state index in [-0.39, 0.29) is 17.2 Å². The van der Waals surface area contributed by atoms with Gasteiger partial charge >= 0.3 is 6.18 Å². The molecule has 0 fully saturated rings. The molecule has 0 saturated carbocycles. The number of carbonyl (C=O) groups excluding carboxylic acids is 2. The first-order valence-electron chi connectivity index (χ1n) is 9.99. The summed E-state index contributed by atoms with van der Waals surface area (Å²) in [6.07, 6.45) is -9.06. The molecule has 0 spiro atoms. The molecule has 0 aliphatic heterocycles. The first-order valence-corrected chi connectivity index (χ1v) is 12.2. The Morgan fingerprint density at radius 3 is 2.35 bits per heavy atom. The highest BCUT2D eigenvalue weighted by atomic mass is 127. The van der Waals surface area contributed by atoms with Crippen LogP contribution in [0, 0.1) is 9.39 Å². The number of anilines is 1. The zero-order valence-electron chi connectivity index (χ0n) is 18.0. The average molecular weight is 618 g/mol. The highest BCUT2D eigenvalue weighted by Gasteiger charge is 2.47. The topological polar surface area (TPSA) is 58.2 Å². The maximum atomic E-state index is 14.5. The van der Waals surface area contributed by atoms with E-state index >= 15 is 0 Å². The molecular formula is C22H21F6IN2O2S. The van der Waals surface area contributed by atoms with E-state index in [0.717, 1.165) is 11.8 Å². The number of amides is 2. The third kappa shape index (κ3) is 7.27. The second kappa shape index (κ2) is 12.1. The summed E-state index contributed by atoms with van der Waals surface area (Å²) in [6, 6.07) is 6.05. The largest absolute Gasteiger partial charge is 0.401 e. The summed E-state index contributed by atoms with van der Waals surface area (Å²) in [6.45, 7) is 3.78. The minimum absolute atomic E-state index is 0.0563. The molecule has 2 amide bonds. The molecule has 0 heterocycles. The van der Waals surface area contributed by atoms with Gasteiger partial charge in [-0.2, -0.15) is 24.9 Å². The van der Waals surface area contributed by atoms with Crippen LogP contribution in [0.1, 0.15) is 46.0 Å². The molecule has 0 aliphatic carbocycles. The lowest BCUT2D eigenvalue weighted by Gasteiger charge is -2.20. The minimum atomic E-state index is -5.28. The molecule has 12 heteroatoms. The number of benzene rings is 2. The molecular weight excluding hydrogens is 597 g/mol. The number of hydrogen-bond donors (Lipinski definition) is 2. The lowest BCUT2D eigenvalue weighted by Crippen LogP contribution is -2.36. The van der Waals surface area contributed by atoms with E-state index in [1.165, 1.54) is 12.1 Å². The number of carbonyl (C=O) groups is 2. The smallest absolute Gasteiger partial charge is 0.349 e. The Hall–Kier alpha value is -1.96. The molecule has 4 nitrogen and oxygen atoms in total. The second-order valence-electron chi connectivity index (χ2n) is 7.24. The van der Waals surface area contributed by atoms with Crippen LogP contribution in [0.2, 0.25) is 0 Å². The minimum Gasteiger partial charge on any atom is -0.349 e. The average Bonchev–Trinajstić information content (AvgIpc) is 2.72. The lowest BCUT2D eigenvalue weighted by molar-refractivity contribution is -0.178. The Kier molecular flexibility index (Phi) is 10.1. The second-order valence-corrected chi connectivity index (χ2v) is 9.72. The van der Waals surface area contributed by atoms with Crippen LogP contribution in [-0.4, -0.2) is 42.0 Å². The van der Waals surface area contributed by atoms with E-state index in [2.05, 4.69) is 10.6 Å². The van der Waals surface area contributed by atoms with E-state index in [9.17, 15) is 35.9 Å². The van der Waals surface area contributed by atoms with Crippen LogP contribution in [0.4, 0.5) is 32.0 Å². The van der Waals surface area contributed by atoms with Gasteiger partial charge in [0.05, 0.1) is 16.8 Å². The van der Waals surface area contributed by atoms with Gasteiger partial charge in [0.1, 0.15) is 11.7 Å². The predicted octanol–water partition coefficient (Wildman–Crippen LogP) is 6.47. The zero-order valence-corrected chi connectivity index (χ0v) is 21.0. The van der Waals surface area contributed by atoms with Crippen molar-refractivity contribution in [2.24, 2.45) is 0 Å². The quantitative estimate of drug-likeness (QED) is 0.251. The summed E-state index contributed by atoms with van der Waals surface area (Å²) < 4.78 is 79.5. The van der Waals surface area contributed by atoms with Gasteiger partial charge in [0, 0.05) is 15.4 Å². The Labute approximate surface area is 210 Å². The summed E-state index contributed by atoms with van der Waals surface area (Å²) in [5.41, 5.74) is -1.50. The van der Waals surface area contributed by atoms with Crippen molar-refractivity contribution in [1.29, 1.82) is 0 Å². The van der Waals surface area contributed by atoms with Crippen molar-refractivity contribution in [1.82, 2.24) is 5.32 Å². The van der Waals surface area contributed by atoms with E-state index in [4.69, 9.17) is 0 Å². The Bertz CT molecular complexity index is 1030. The van der Waals surface area contributed by atoms with E-state index in [0.29, 0.717) is 21.5 Å². The molecule has 0 aromatic heterocycles. The van der Waals surface area contributed by atoms with Gasteiger partial charge in [0.2, 0.25) is 0 Å². The summed E-state index contributed by atoms with van der Waals surface area (Å²) >= 11 is 3.50. The summed E-state index contributed by atoms with van der Waals surface area (Å²) in [7, 11) is 0. The van der Waals surface area contributed by atoms with Gasteiger partial charge in [-0.3, -0.25) is 9.59 Å². The molecule has 0 bridgehead atoms. The first-order chi connectivity index (χ1) is 15.9. The van der Waals surface area contributed by atoms with E-state index in [1.807, 2.05) is 29.5 Å². The SMILES string of the molecule is CCSC[C@H](C)NC(=O)c1c(I)cccc1C(=O)Nc1ccc(C(C(F)F)C(F)(F)F)cc1F. The van der Waals surface area contributed by atoms with Crippen LogP contribution in [0.5, 0.6) is 0 Å². The van der Waals surface area contributed by atoms with Gasteiger partial charge in [-0.15, -0.1) is 0 Å². The van der Waals surface area contributed by atoms with Gasteiger partial charge in [0.15, 0.2) is 0 Å². The van der Waals surface area contributed by atoms with Crippen LogP contribution in [0.25, 0.3) is 0 Å². The van der Waals surface area contributed by atoms with Crippen molar-refractivity contribution in [2.75, 3.05) is 16.8 Å². The van der Waals surface area contributed by atoms with Crippen molar-refractivity contribution in [3.8, 4) is 0 Å². The Morgan fingerprint density at radius 2 is 1.79 bits per heavy atom. The fraction of sp³-hybridized carbons (Fsp3) is 0.364. The van der Waals surface area contributed by atoms with Gasteiger partial charge in [-0.05, 0) is 65.1 Å². The molecule has 0 radical (unpaired) electrons. The lowest BCUT2D eigenvalue weighted by atomic mass is 9.98. The first kappa shape index (κ1) is 28.3. The molecule has 0 aliphatic rings. The van der Waals surface area contributed by atoms with Gasteiger partial charge < -0.3 is 10.6 Å². The third-order valence-corrected chi connectivity index (χ3v) is 6.68. The maximum Gasteiger partial charge on any atom is 0.401 e. The molecule has 0 saturated heterocycles. The van der Waals surface area contributed by atoms with Gasteiger partial charge in [-0.1, -0.05) is 19.1 Å². The molecule has 2 aromatic carbocycles. The van der Waals surface area contributed by atoms with Crippen LogP contribution in [0.3, 0.4) is 0 Å². The summed E-state index contributed by atoms with van der Waals surface area (Å²) in [5.74, 6) is -4.36.